The molecule has 1 aromatic carbocycles. The van der Waals surface area contributed by atoms with E-state index in [-0.39, 0.29) is 11.8 Å². The van der Waals surface area contributed by atoms with Gasteiger partial charge in [-0.25, -0.2) is 4.98 Å². The number of nitrogens with one attached hydrogen (secondary N) is 1. The zero-order valence-electron chi connectivity index (χ0n) is 16.1. The molecule has 146 valence electrons. The van der Waals surface area contributed by atoms with Gasteiger partial charge in [-0.15, -0.1) is 11.3 Å². The number of ether oxygens (including phenoxy) is 1. The van der Waals surface area contributed by atoms with Crippen molar-refractivity contribution < 1.29 is 9.53 Å². The molecule has 3 aromatic rings. The van der Waals surface area contributed by atoms with Crippen molar-refractivity contribution in [2.75, 3.05) is 38.3 Å². The van der Waals surface area contributed by atoms with E-state index in [1.54, 1.807) is 18.4 Å². The Labute approximate surface area is 169 Å². The molecule has 4 rings (SSSR count). The van der Waals surface area contributed by atoms with Crippen LogP contribution in [0.15, 0.2) is 47.8 Å². The van der Waals surface area contributed by atoms with Gasteiger partial charge in [0.1, 0.15) is 0 Å². The van der Waals surface area contributed by atoms with Crippen molar-refractivity contribution in [2.45, 2.75) is 12.8 Å². The van der Waals surface area contributed by atoms with Crippen LogP contribution in [0.4, 0.5) is 5.69 Å². The molecule has 3 heterocycles. The van der Waals surface area contributed by atoms with Gasteiger partial charge < -0.3 is 15.0 Å². The summed E-state index contributed by atoms with van der Waals surface area (Å²) in [6, 6.07) is 14.6. The first kappa shape index (κ1) is 18.9. The number of methoxy groups -OCH3 is 1. The largest absolute Gasteiger partial charge is 0.383 e. The molecule has 5 nitrogen and oxygen atoms in total. The third-order valence-corrected chi connectivity index (χ3v) is 6.20. The highest BCUT2D eigenvalue weighted by molar-refractivity contribution is 7.17. The first-order chi connectivity index (χ1) is 13.8. The first-order valence-electron chi connectivity index (χ1n) is 9.71. The molecule has 0 bridgehead atoms. The lowest BCUT2D eigenvalue weighted by Crippen LogP contribution is -2.41. The van der Waals surface area contributed by atoms with Crippen molar-refractivity contribution in [1.82, 2.24) is 10.3 Å². The van der Waals surface area contributed by atoms with Crippen molar-refractivity contribution in [3.8, 4) is 11.3 Å². The smallest absolute Gasteiger partial charge is 0.223 e. The van der Waals surface area contributed by atoms with Crippen molar-refractivity contribution in [3.05, 3.63) is 47.8 Å². The average Bonchev–Trinajstić information content (AvgIpc) is 3.23. The Morgan fingerprint density at radius 3 is 2.79 bits per heavy atom. The number of fused-ring (bicyclic) bond motifs is 1. The van der Waals surface area contributed by atoms with Gasteiger partial charge >= 0.3 is 0 Å². The van der Waals surface area contributed by atoms with Gasteiger partial charge in [0.15, 0.2) is 0 Å². The van der Waals surface area contributed by atoms with Crippen LogP contribution >= 0.6 is 11.3 Å². The lowest BCUT2D eigenvalue weighted by molar-refractivity contribution is -0.125. The minimum absolute atomic E-state index is 0.0855. The lowest BCUT2D eigenvalue weighted by atomic mass is 9.95. The Balaban J connectivity index is 1.52. The Hall–Kier alpha value is -2.44. The maximum absolute atomic E-state index is 12.3. The SMILES string of the molecule is COCCNC(=O)C1CCN(c2cc(-c3ccccc3)nc3ccsc23)CC1. The summed E-state index contributed by atoms with van der Waals surface area (Å²) in [5.41, 5.74) is 4.41. The van der Waals surface area contributed by atoms with Gasteiger partial charge in [0.2, 0.25) is 5.91 Å². The molecule has 28 heavy (non-hydrogen) atoms. The molecule has 0 saturated carbocycles. The maximum Gasteiger partial charge on any atom is 0.223 e. The number of benzene rings is 1. The van der Waals surface area contributed by atoms with Crippen molar-refractivity contribution in [1.29, 1.82) is 0 Å². The Bertz CT molecular complexity index is 933. The molecule has 0 radical (unpaired) electrons. The van der Waals surface area contributed by atoms with E-state index >= 15 is 0 Å². The molecule has 6 heteroatoms. The predicted molar refractivity (Wildman–Crippen MR) is 115 cm³/mol. The van der Waals surface area contributed by atoms with Crippen LogP contribution in [-0.2, 0) is 9.53 Å². The standard InChI is InChI=1S/C22H25N3O2S/c1-27-13-10-23-22(26)17-7-11-25(12-8-17)20-15-19(16-5-3-2-4-6-16)24-18-9-14-28-21(18)20/h2-6,9,14-15,17H,7-8,10-13H2,1H3,(H,23,26). The van der Waals surface area contributed by atoms with E-state index in [4.69, 9.17) is 9.72 Å². The number of aromatic nitrogens is 1. The number of nitrogens with zero attached hydrogens (tertiary/aromatic N) is 2. The molecule has 2 aromatic heterocycles. The molecular weight excluding hydrogens is 370 g/mol. The van der Waals surface area contributed by atoms with E-state index in [1.165, 1.54) is 10.4 Å². The Morgan fingerprint density at radius 1 is 1.25 bits per heavy atom. The molecule has 1 N–H and O–H groups in total. The van der Waals surface area contributed by atoms with Crippen LogP contribution in [0.5, 0.6) is 0 Å². The number of anilines is 1. The number of amides is 1. The summed E-state index contributed by atoms with van der Waals surface area (Å²) in [6.45, 7) is 2.90. The highest BCUT2D eigenvalue weighted by Gasteiger charge is 2.26. The quantitative estimate of drug-likeness (QED) is 0.642. The number of rotatable bonds is 6. The predicted octanol–water partition coefficient (Wildman–Crippen LogP) is 3.94. The van der Waals surface area contributed by atoms with Crippen LogP contribution in [0.2, 0.25) is 0 Å². The van der Waals surface area contributed by atoms with Crippen LogP contribution in [0.1, 0.15) is 12.8 Å². The minimum atomic E-state index is 0.0855. The summed E-state index contributed by atoms with van der Waals surface area (Å²) in [4.78, 5) is 19.6. The Morgan fingerprint density at radius 2 is 2.04 bits per heavy atom. The second-order valence-corrected chi connectivity index (χ2v) is 7.99. The van der Waals surface area contributed by atoms with E-state index in [0.29, 0.717) is 13.2 Å². The number of carbonyl (C=O) groups excluding carboxylic acids is 1. The third-order valence-electron chi connectivity index (χ3n) is 5.27. The molecule has 0 aliphatic carbocycles. The second kappa shape index (κ2) is 8.71. The second-order valence-electron chi connectivity index (χ2n) is 7.07. The summed E-state index contributed by atoms with van der Waals surface area (Å²) < 4.78 is 6.23. The fraction of sp³-hybridized carbons (Fsp3) is 0.364. The maximum atomic E-state index is 12.3. The normalized spacial score (nSPS) is 15.1. The third kappa shape index (κ3) is 4.03. The first-order valence-corrected chi connectivity index (χ1v) is 10.6. The fourth-order valence-electron chi connectivity index (χ4n) is 3.73. The number of hydrogen-bond donors (Lipinski definition) is 1. The topological polar surface area (TPSA) is 54.5 Å². The molecule has 0 unspecified atom stereocenters. The summed E-state index contributed by atoms with van der Waals surface area (Å²) in [7, 11) is 1.65. The fourth-order valence-corrected chi connectivity index (χ4v) is 4.61. The van der Waals surface area contributed by atoms with E-state index < -0.39 is 0 Å². The van der Waals surface area contributed by atoms with E-state index in [9.17, 15) is 4.79 Å². The monoisotopic (exact) mass is 395 g/mol. The highest BCUT2D eigenvalue weighted by Crippen LogP contribution is 2.36. The molecule has 1 aliphatic heterocycles. The van der Waals surface area contributed by atoms with Crippen LogP contribution in [0.25, 0.3) is 21.5 Å². The number of pyridine rings is 1. The summed E-state index contributed by atoms with van der Waals surface area (Å²) in [6.07, 6.45) is 1.74. The summed E-state index contributed by atoms with van der Waals surface area (Å²) >= 11 is 1.73. The zero-order chi connectivity index (χ0) is 19.3. The lowest BCUT2D eigenvalue weighted by Gasteiger charge is -2.33. The van der Waals surface area contributed by atoms with Gasteiger partial charge in [-0.1, -0.05) is 30.3 Å². The number of thiophene rings is 1. The molecular formula is C22H25N3O2S. The van der Waals surface area contributed by atoms with Gasteiger partial charge in [0, 0.05) is 38.2 Å². The summed E-state index contributed by atoms with van der Waals surface area (Å²) in [5.74, 6) is 0.236. The van der Waals surface area contributed by atoms with E-state index in [0.717, 1.165) is 42.7 Å². The van der Waals surface area contributed by atoms with E-state index in [1.807, 2.05) is 18.2 Å². The summed E-state index contributed by atoms with van der Waals surface area (Å²) in [5, 5.41) is 5.08. The Kier molecular flexibility index (Phi) is 5.88. The van der Waals surface area contributed by atoms with Crippen LogP contribution in [-0.4, -0.2) is 44.2 Å². The molecule has 1 aliphatic rings. The molecule has 1 amide bonds. The van der Waals surface area contributed by atoms with Gasteiger partial charge in [0.05, 0.1) is 28.2 Å². The zero-order valence-corrected chi connectivity index (χ0v) is 16.9. The number of piperidine rings is 1. The van der Waals surface area contributed by atoms with Crippen LogP contribution in [0, 0.1) is 5.92 Å². The van der Waals surface area contributed by atoms with Gasteiger partial charge in [-0.3, -0.25) is 4.79 Å². The van der Waals surface area contributed by atoms with Gasteiger partial charge in [-0.05, 0) is 30.4 Å². The van der Waals surface area contributed by atoms with Crippen LogP contribution < -0.4 is 10.2 Å². The minimum Gasteiger partial charge on any atom is -0.383 e. The molecule has 0 spiro atoms. The number of hydrogen-bond acceptors (Lipinski definition) is 5. The van der Waals surface area contributed by atoms with E-state index in [2.05, 4.69) is 39.9 Å². The van der Waals surface area contributed by atoms with Crippen LogP contribution in [0.3, 0.4) is 0 Å². The van der Waals surface area contributed by atoms with Crippen molar-refractivity contribution >= 4 is 33.1 Å². The van der Waals surface area contributed by atoms with Gasteiger partial charge in [-0.2, -0.15) is 0 Å². The molecule has 0 atom stereocenters. The average molecular weight is 396 g/mol. The van der Waals surface area contributed by atoms with Crippen molar-refractivity contribution in [2.24, 2.45) is 5.92 Å². The van der Waals surface area contributed by atoms with Gasteiger partial charge in [0.25, 0.3) is 0 Å². The number of carbonyl (C=O) groups is 1. The van der Waals surface area contributed by atoms with Crippen molar-refractivity contribution in [3.63, 3.8) is 0 Å². The molecule has 1 fully saturated rings. The highest BCUT2D eigenvalue weighted by atomic mass is 32.1. The molecule has 1 saturated heterocycles.